The van der Waals surface area contributed by atoms with E-state index in [1.165, 1.54) is 0 Å². The lowest BCUT2D eigenvalue weighted by Crippen LogP contribution is -2.34. The van der Waals surface area contributed by atoms with Crippen molar-refractivity contribution < 1.29 is 14.3 Å². The van der Waals surface area contributed by atoms with Crippen LogP contribution in [-0.4, -0.2) is 31.4 Å². The fourth-order valence-electron chi connectivity index (χ4n) is 1.51. The zero-order valence-electron chi connectivity index (χ0n) is 12.7. The van der Waals surface area contributed by atoms with Crippen molar-refractivity contribution in [3.8, 4) is 5.75 Å². The molecule has 5 heteroatoms. The third-order valence-electron chi connectivity index (χ3n) is 2.27. The zero-order valence-corrected chi connectivity index (χ0v) is 12.7. The van der Waals surface area contributed by atoms with Gasteiger partial charge in [-0.3, -0.25) is 0 Å². The maximum atomic E-state index is 11.4. The minimum Gasteiger partial charge on any atom is -0.492 e. The number of alkyl carbamates (subject to hydrolysis) is 1. The first kappa shape index (κ1) is 16.1. The summed E-state index contributed by atoms with van der Waals surface area (Å²) in [5.41, 5.74) is 0.583. The molecule has 1 amide bonds. The van der Waals surface area contributed by atoms with Crippen molar-refractivity contribution in [3.63, 3.8) is 0 Å². The second kappa shape index (κ2) is 7.62. The van der Waals surface area contributed by atoms with E-state index in [9.17, 15) is 4.79 Å². The largest absolute Gasteiger partial charge is 0.492 e. The molecule has 0 atom stereocenters. The second-order valence-corrected chi connectivity index (χ2v) is 5.33. The van der Waals surface area contributed by atoms with Crippen LogP contribution in [0.1, 0.15) is 27.7 Å². The standard InChI is InChI=1S/C15H24N2O3/c1-5-16-12-6-8-13(9-7-12)19-11-10-17-14(18)20-15(2,3)4/h6-9,16H,5,10-11H2,1-4H3,(H,17,18). The molecule has 1 rings (SSSR count). The minimum absolute atomic E-state index is 0.403. The van der Waals surface area contributed by atoms with Gasteiger partial charge >= 0.3 is 6.09 Å². The zero-order chi connectivity index (χ0) is 15.0. The van der Waals surface area contributed by atoms with Gasteiger partial charge in [0.05, 0.1) is 6.54 Å². The summed E-state index contributed by atoms with van der Waals surface area (Å²) in [5, 5.41) is 5.85. The maximum absolute atomic E-state index is 11.4. The Hall–Kier alpha value is -1.91. The van der Waals surface area contributed by atoms with Crippen molar-refractivity contribution in [2.24, 2.45) is 0 Å². The monoisotopic (exact) mass is 280 g/mol. The number of hydrogen-bond acceptors (Lipinski definition) is 4. The van der Waals surface area contributed by atoms with Crippen molar-refractivity contribution >= 4 is 11.8 Å². The number of carbonyl (C=O) groups excluding carboxylic acids is 1. The van der Waals surface area contributed by atoms with E-state index < -0.39 is 11.7 Å². The van der Waals surface area contributed by atoms with Gasteiger partial charge in [0.25, 0.3) is 0 Å². The molecule has 20 heavy (non-hydrogen) atoms. The Morgan fingerprint density at radius 1 is 1.20 bits per heavy atom. The number of carbonyl (C=O) groups is 1. The van der Waals surface area contributed by atoms with Crippen LogP contribution in [-0.2, 0) is 4.74 Å². The molecule has 5 nitrogen and oxygen atoms in total. The van der Waals surface area contributed by atoms with Crippen LogP contribution in [0.3, 0.4) is 0 Å². The summed E-state index contributed by atoms with van der Waals surface area (Å²) >= 11 is 0. The van der Waals surface area contributed by atoms with E-state index in [2.05, 4.69) is 10.6 Å². The molecule has 2 N–H and O–H groups in total. The fraction of sp³-hybridized carbons (Fsp3) is 0.533. The average Bonchev–Trinajstić information content (AvgIpc) is 2.35. The third-order valence-corrected chi connectivity index (χ3v) is 2.27. The SMILES string of the molecule is CCNc1ccc(OCCNC(=O)OC(C)(C)C)cc1. The van der Waals surface area contributed by atoms with Crippen LogP contribution < -0.4 is 15.4 Å². The molecule has 0 aliphatic rings. The first-order chi connectivity index (χ1) is 9.40. The Morgan fingerprint density at radius 2 is 1.85 bits per heavy atom. The molecular formula is C15H24N2O3. The van der Waals surface area contributed by atoms with Crippen LogP contribution in [0, 0.1) is 0 Å². The van der Waals surface area contributed by atoms with Crippen molar-refractivity contribution in [2.45, 2.75) is 33.3 Å². The summed E-state index contributed by atoms with van der Waals surface area (Å²) in [4.78, 5) is 11.4. The Bertz CT molecular complexity index is 410. The summed E-state index contributed by atoms with van der Waals surface area (Å²) in [7, 11) is 0. The van der Waals surface area contributed by atoms with E-state index in [4.69, 9.17) is 9.47 Å². The lowest BCUT2D eigenvalue weighted by Gasteiger charge is -2.19. The minimum atomic E-state index is -0.479. The topological polar surface area (TPSA) is 59.6 Å². The average molecular weight is 280 g/mol. The van der Waals surface area contributed by atoms with E-state index in [0.717, 1.165) is 18.0 Å². The van der Waals surface area contributed by atoms with Gasteiger partial charge in [0.15, 0.2) is 0 Å². The van der Waals surface area contributed by atoms with Crippen LogP contribution in [0.15, 0.2) is 24.3 Å². The van der Waals surface area contributed by atoms with E-state index in [-0.39, 0.29) is 0 Å². The van der Waals surface area contributed by atoms with Crippen molar-refractivity contribution in [1.82, 2.24) is 5.32 Å². The van der Waals surface area contributed by atoms with Crippen LogP contribution >= 0.6 is 0 Å². The summed E-state index contributed by atoms with van der Waals surface area (Å²) in [5.74, 6) is 0.776. The number of hydrogen-bond donors (Lipinski definition) is 2. The van der Waals surface area contributed by atoms with Gasteiger partial charge in [0.2, 0.25) is 0 Å². The molecule has 0 bridgehead atoms. The van der Waals surface area contributed by atoms with Crippen LogP contribution in [0.25, 0.3) is 0 Å². The molecule has 0 aliphatic heterocycles. The molecular weight excluding hydrogens is 256 g/mol. The lowest BCUT2D eigenvalue weighted by molar-refractivity contribution is 0.0520. The smallest absolute Gasteiger partial charge is 0.407 e. The highest BCUT2D eigenvalue weighted by atomic mass is 16.6. The van der Waals surface area contributed by atoms with Gasteiger partial charge in [-0.2, -0.15) is 0 Å². The Labute approximate surface area is 120 Å². The number of amides is 1. The Balaban J connectivity index is 2.22. The van der Waals surface area contributed by atoms with Crippen molar-refractivity contribution in [3.05, 3.63) is 24.3 Å². The van der Waals surface area contributed by atoms with Crippen LogP contribution in [0.5, 0.6) is 5.75 Å². The molecule has 0 saturated carbocycles. The number of benzene rings is 1. The van der Waals surface area contributed by atoms with E-state index in [1.807, 2.05) is 52.0 Å². The molecule has 0 aromatic heterocycles. The lowest BCUT2D eigenvalue weighted by atomic mass is 10.2. The van der Waals surface area contributed by atoms with Crippen LogP contribution in [0.2, 0.25) is 0 Å². The number of rotatable bonds is 6. The molecule has 1 aromatic carbocycles. The molecule has 0 unspecified atom stereocenters. The molecule has 0 saturated heterocycles. The van der Waals surface area contributed by atoms with Crippen molar-refractivity contribution in [2.75, 3.05) is 25.0 Å². The highest BCUT2D eigenvalue weighted by molar-refractivity contribution is 5.67. The summed E-state index contributed by atoms with van der Waals surface area (Å²) in [6, 6.07) is 7.71. The van der Waals surface area contributed by atoms with E-state index >= 15 is 0 Å². The third kappa shape index (κ3) is 6.87. The summed E-state index contributed by atoms with van der Waals surface area (Å²) in [6.07, 6.45) is -0.427. The number of nitrogens with one attached hydrogen (secondary N) is 2. The molecule has 1 aromatic rings. The molecule has 0 heterocycles. The maximum Gasteiger partial charge on any atom is 0.407 e. The van der Waals surface area contributed by atoms with Gasteiger partial charge in [-0.1, -0.05) is 0 Å². The molecule has 0 radical (unpaired) electrons. The molecule has 0 aliphatic carbocycles. The second-order valence-electron chi connectivity index (χ2n) is 5.33. The predicted octanol–water partition coefficient (Wildman–Crippen LogP) is 3.02. The van der Waals surface area contributed by atoms with Gasteiger partial charge in [0, 0.05) is 12.2 Å². The van der Waals surface area contributed by atoms with E-state index in [1.54, 1.807) is 0 Å². The predicted molar refractivity (Wildman–Crippen MR) is 80.3 cm³/mol. The van der Waals surface area contributed by atoms with Gasteiger partial charge < -0.3 is 20.1 Å². The van der Waals surface area contributed by atoms with Crippen molar-refractivity contribution in [1.29, 1.82) is 0 Å². The van der Waals surface area contributed by atoms with Gasteiger partial charge in [-0.15, -0.1) is 0 Å². The Kier molecular flexibility index (Phi) is 6.15. The molecule has 112 valence electrons. The summed E-state index contributed by atoms with van der Waals surface area (Å²) in [6.45, 7) is 9.23. The van der Waals surface area contributed by atoms with Gasteiger partial charge in [-0.25, -0.2) is 4.79 Å². The normalized spacial score (nSPS) is 10.8. The first-order valence-electron chi connectivity index (χ1n) is 6.84. The highest BCUT2D eigenvalue weighted by Gasteiger charge is 2.15. The first-order valence-corrected chi connectivity index (χ1v) is 6.84. The molecule has 0 spiro atoms. The molecule has 0 fully saturated rings. The van der Waals surface area contributed by atoms with Gasteiger partial charge in [0.1, 0.15) is 18.0 Å². The van der Waals surface area contributed by atoms with E-state index in [0.29, 0.717) is 13.2 Å². The highest BCUT2D eigenvalue weighted by Crippen LogP contribution is 2.15. The summed E-state index contributed by atoms with van der Waals surface area (Å²) < 4.78 is 10.6. The number of anilines is 1. The fourth-order valence-corrected chi connectivity index (χ4v) is 1.51. The number of ether oxygens (including phenoxy) is 2. The van der Waals surface area contributed by atoms with Crippen LogP contribution in [0.4, 0.5) is 10.5 Å². The van der Waals surface area contributed by atoms with Gasteiger partial charge in [-0.05, 0) is 52.0 Å². The Morgan fingerprint density at radius 3 is 2.40 bits per heavy atom. The quantitative estimate of drug-likeness (QED) is 0.786.